The van der Waals surface area contributed by atoms with Crippen molar-refractivity contribution in [1.29, 1.82) is 0 Å². The van der Waals surface area contributed by atoms with Gasteiger partial charge >= 0.3 is 0 Å². The molecule has 43 heavy (non-hydrogen) atoms. The molecule has 2 heterocycles. The standard InChI is InChI=1S/C34H34O9/c1-17-9-25-23(27(35)14-29(39-3)33(25)37)12-21(17)19-7-8-41-32(11-19)43-31-6-5-20(16-42-31)22-13-24-26(10-18(22)2)34(38)30(40-4)15-28(24)36/h9-10,12-15,19-20,31-32H,5-8,11,16H2,1-4H3. The molecule has 0 bridgehead atoms. The van der Waals surface area contributed by atoms with E-state index < -0.39 is 12.6 Å². The first-order valence-electron chi connectivity index (χ1n) is 14.6. The highest BCUT2D eigenvalue weighted by atomic mass is 16.8. The Kier molecular flexibility index (Phi) is 7.89. The topological polar surface area (TPSA) is 114 Å². The van der Waals surface area contributed by atoms with Gasteiger partial charge in [-0.05, 0) is 85.5 Å². The van der Waals surface area contributed by atoms with Crippen molar-refractivity contribution in [1.82, 2.24) is 0 Å². The number of hydrogen-bond acceptors (Lipinski definition) is 9. The van der Waals surface area contributed by atoms with Crippen LogP contribution in [0.1, 0.15) is 101 Å². The molecule has 9 heteroatoms. The number of rotatable bonds is 6. The Morgan fingerprint density at radius 2 is 1.21 bits per heavy atom. The minimum absolute atomic E-state index is 0.0565. The van der Waals surface area contributed by atoms with Crippen molar-refractivity contribution in [3.05, 3.63) is 92.4 Å². The Hall–Kier alpha value is -3.92. The highest BCUT2D eigenvalue weighted by molar-refractivity contribution is 6.24. The number of fused-ring (bicyclic) bond motifs is 2. The van der Waals surface area contributed by atoms with Crippen LogP contribution in [0.4, 0.5) is 0 Å². The lowest BCUT2D eigenvalue weighted by atomic mass is 9.82. The zero-order chi connectivity index (χ0) is 30.4. The maximum absolute atomic E-state index is 12.7. The lowest BCUT2D eigenvalue weighted by Gasteiger charge is -2.36. The molecule has 2 saturated heterocycles. The Labute approximate surface area is 249 Å². The van der Waals surface area contributed by atoms with E-state index in [1.54, 1.807) is 12.1 Å². The molecule has 0 N–H and O–H groups in total. The number of carbonyl (C=O) groups excluding carboxylic acids is 4. The van der Waals surface area contributed by atoms with Gasteiger partial charge in [-0.2, -0.15) is 0 Å². The van der Waals surface area contributed by atoms with Crippen molar-refractivity contribution in [2.45, 2.75) is 63.9 Å². The van der Waals surface area contributed by atoms with Crippen molar-refractivity contribution in [3.8, 4) is 0 Å². The second-order valence-corrected chi connectivity index (χ2v) is 11.5. The molecule has 224 valence electrons. The van der Waals surface area contributed by atoms with E-state index in [1.807, 2.05) is 26.0 Å². The molecule has 0 aromatic heterocycles. The zero-order valence-corrected chi connectivity index (χ0v) is 24.7. The second kappa shape index (κ2) is 11.6. The molecule has 2 fully saturated rings. The van der Waals surface area contributed by atoms with Crippen LogP contribution in [0.5, 0.6) is 0 Å². The minimum Gasteiger partial charge on any atom is -0.492 e. The summed E-state index contributed by atoms with van der Waals surface area (Å²) in [5.74, 6) is -0.767. The van der Waals surface area contributed by atoms with E-state index >= 15 is 0 Å². The van der Waals surface area contributed by atoms with E-state index in [0.29, 0.717) is 48.3 Å². The first kappa shape index (κ1) is 29.2. The quantitative estimate of drug-likeness (QED) is 0.446. The van der Waals surface area contributed by atoms with Gasteiger partial charge < -0.3 is 23.7 Å². The largest absolute Gasteiger partial charge is 0.492 e. The van der Waals surface area contributed by atoms with Crippen LogP contribution < -0.4 is 0 Å². The number of ketones is 4. The van der Waals surface area contributed by atoms with Gasteiger partial charge in [0, 0.05) is 46.7 Å². The predicted molar refractivity (Wildman–Crippen MR) is 154 cm³/mol. The molecule has 6 rings (SSSR count). The van der Waals surface area contributed by atoms with Gasteiger partial charge in [-0.15, -0.1) is 0 Å². The predicted octanol–water partition coefficient (Wildman–Crippen LogP) is 5.28. The van der Waals surface area contributed by atoms with E-state index in [-0.39, 0.29) is 46.5 Å². The smallest absolute Gasteiger partial charge is 0.228 e. The minimum atomic E-state index is -0.469. The number of hydrogen-bond donors (Lipinski definition) is 0. The number of methoxy groups -OCH3 is 2. The third kappa shape index (κ3) is 5.37. The molecule has 2 aliphatic carbocycles. The lowest BCUT2D eigenvalue weighted by Crippen LogP contribution is -2.35. The first-order valence-corrected chi connectivity index (χ1v) is 14.6. The van der Waals surface area contributed by atoms with Crippen LogP contribution in [0, 0.1) is 13.8 Å². The first-order chi connectivity index (χ1) is 20.7. The zero-order valence-electron chi connectivity index (χ0n) is 24.7. The Morgan fingerprint density at radius 3 is 1.72 bits per heavy atom. The molecule has 4 atom stereocenters. The summed E-state index contributed by atoms with van der Waals surface area (Å²) in [4.78, 5) is 50.8. The summed E-state index contributed by atoms with van der Waals surface area (Å²) in [5.41, 5.74) is 5.41. The van der Waals surface area contributed by atoms with Crippen LogP contribution in [0.3, 0.4) is 0 Å². The van der Waals surface area contributed by atoms with Gasteiger partial charge in [-0.1, -0.05) is 0 Å². The molecule has 0 amide bonds. The summed E-state index contributed by atoms with van der Waals surface area (Å²) in [6.07, 6.45) is 4.41. The van der Waals surface area contributed by atoms with Gasteiger partial charge in [0.2, 0.25) is 11.6 Å². The van der Waals surface area contributed by atoms with Crippen molar-refractivity contribution in [2.24, 2.45) is 0 Å². The maximum Gasteiger partial charge on any atom is 0.228 e. The SMILES string of the molecule is COC1=CC(=O)c2cc(C3CCC(OC4CC(c5cc6c(cc5C)C(=O)C(OC)=CC6=O)CCO4)OC3)c(C)cc2C1=O. The maximum atomic E-state index is 12.7. The Balaban J connectivity index is 1.10. The molecule has 0 saturated carbocycles. The molecule has 9 nitrogen and oxygen atoms in total. The van der Waals surface area contributed by atoms with Crippen molar-refractivity contribution >= 4 is 23.1 Å². The summed E-state index contributed by atoms with van der Waals surface area (Å²) in [6.45, 7) is 4.81. The Bertz CT molecular complexity index is 1590. The van der Waals surface area contributed by atoms with E-state index in [9.17, 15) is 19.2 Å². The fourth-order valence-corrected chi connectivity index (χ4v) is 6.59. The molecule has 0 radical (unpaired) electrons. The Morgan fingerprint density at radius 1 is 0.651 bits per heavy atom. The highest BCUT2D eigenvalue weighted by Crippen LogP contribution is 2.38. The third-order valence-electron chi connectivity index (χ3n) is 8.91. The van der Waals surface area contributed by atoms with Gasteiger partial charge in [0.25, 0.3) is 0 Å². The summed E-state index contributed by atoms with van der Waals surface area (Å²) < 4.78 is 28.5. The lowest BCUT2D eigenvalue weighted by molar-refractivity contribution is -0.268. The summed E-state index contributed by atoms with van der Waals surface area (Å²) in [6, 6.07) is 7.22. The summed E-state index contributed by atoms with van der Waals surface area (Å²) in [7, 11) is 2.77. The van der Waals surface area contributed by atoms with E-state index in [1.165, 1.54) is 26.4 Å². The van der Waals surface area contributed by atoms with Gasteiger partial charge in [-0.3, -0.25) is 19.2 Å². The average molecular weight is 587 g/mol. The number of Topliss-reactive ketones (excluding diaryl/α,β-unsaturated/α-hetero) is 2. The summed E-state index contributed by atoms with van der Waals surface area (Å²) in [5, 5.41) is 0. The molecular formula is C34H34O9. The van der Waals surface area contributed by atoms with Crippen LogP contribution in [-0.2, 0) is 23.7 Å². The second-order valence-electron chi connectivity index (χ2n) is 11.5. The molecule has 0 spiro atoms. The molecule has 4 aliphatic rings. The molecule has 4 unspecified atom stereocenters. The molecule has 2 aromatic carbocycles. The van der Waals surface area contributed by atoms with Crippen LogP contribution in [0.15, 0.2) is 47.9 Å². The van der Waals surface area contributed by atoms with E-state index in [2.05, 4.69) is 0 Å². The van der Waals surface area contributed by atoms with Crippen LogP contribution >= 0.6 is 0 Å². The van der Waals surface area contributed by atoms with Crippen molar-refractivity contribution < 1.29 is 42.9 Å². The summed E-state index contributed by atoms with van der Waals surface area (Å²) >= 11 is 0. The number of allylic oxidation sites excluding steroid dienone is 4. The van der Waals surface area contributed by atoms with E-state index in [0.717, 1.165) is 35.1 Å². The number of benzene rings is 2. The molecular weight excluding hydrogens is 552 g/mol. The van der Waals surface area contributed by atoms with Crippen molar-refractivity contribution in [2.75, 3.05) is 27.4 Å². The van der Waals surface area contributed by atoms with Crippen LogP contribution in [0.25, 0.3) is 0 Å². The molecule has 2 aromatic rings. The molecule has 2 aliphatic heterocycles. The number of aryl methyl sites for hydroxylation is 2. The fourth-order valence-electron chi connectivity index (χ4n) is 6.59. The van der Waals surface area contributed by atoms with Crippen LogP contribution in [0.2, 0.25) is 0 Å². The van der Waals surface area contributed by atoms with E-state index in [4.69, 9.17) is 23.7 Å². The van der Waals surface area contributed by atoms with Gasteiger partial charge in [0.1, 0.15) is 0 Å². The van der Waals surface area contributed by atoms with Gasteiger partial charge in [-0.25, -0.2) is 0 Å². The normalized spacial score (nSPS) is 25.5. The van der Waals surface area contributed by atoms with Crippen LogP contribution in [-0.4, -0.2) is 63.1 Å². The van der Waals surface area contributed by atoms with Crippen molar-refractivity contribution in [3.63, 3.8) is 0 Å². The number of carbonyl (C=O) groups is 4. The number of ether oxygens (including phenoxy) is 5. The van der Waals surface area contributed by atoms with Gasteiger partial charge in [0.15, 0.2) is 35.7 Å². The monoisotopic (exact) mass is 586 g/mol. The highest BCUT2D eigenvalue weighted by Gasteiger charge is 2.34. The fraction of sp³-hybridized carbons (Fsp3) is 0.412. The third-order valence-corrected chi connectivity index (χ3v) is 8.91. The average Bonchev–Trinajstić information content (AvgIpc) is 3.01. The van der Waals surface area contributed by atoms with Gasteiger partial charge in [0.05, 0.1) is 27.4 Å².